The summed E-state index contributed by atoms with van der Waals surface area (Å²) >= 11 is 0. The van der Waals surface area contributed by atoms with Gasteiger partial charge < -0.3 is 14.8 Å². The van der Waals surface area contributed by atoms with Gasteiger partial charge in [0.15, 0.2) is 11.5 Å². The SMILES string of the molecule is COc1ccc(-c2ccc(F)cc2NC(=O)C(C)(C)C)cc1OC. The molecule has 5 heteroatoms. The van der Waals surface area contributed by atoms with Crippen LogP contribution in [-0.4, -0.2) is 20.1 Å². The Hall–Kier alpha value is -2.56. The standard InChI is InChI=1S/C19H22FNO3/c1-19(2,3)18(22)21-15-11-13(20)7-8-14(15)12-6-9-16(23-4)17(10-12)24-5/h6-11H,1-5H3,(H,21,22). The van der Waals surface area contributed by atoms with Gasteiger partial charge in [-0.25, -0.2) is 4.39 Å². The number of hydrogen-bond donors (Lipinski definition) is 1. The number of halogens is 1. The van der Waals surface area contributed by atoms with Gasteiger partial charge in [-0.2, -0.15) is 0 Å². The zero-order chi connectivity index (χ0) is 17.9. The van der Waals surface area contributed by atoms with E-state index < -0.39 is 11.2 Å². The molecule has 0 aliphatic rings. The average molecular weight is 331 g/mol. The fourth-order valence-corrected chi connectivity index (χ4v) is 2.19. The van der Waals surface area contributed by atoms with E-state index in [1.54, 1.807) is 53.2 Å². The molecule has 0 atom stereocenters. The largest absolute Gasteiger partial charge is 0.493 e. The summed E-state index contributed by atoms with van der Waals surface area (Å²) in [5, 5.41) is 2.80. The van der Waals surface area contributed by atoms with Crippen LogP contribution in [0.5, 0.6) is 11.5 Å². The minimum atomic E-state index is -0.582. The maximum Gasteiger partial charge on any atom is 0.229 e. The van der Waals surface area contributed by atoms with Crippen molar-refractivity contribution in [3.63, 3.8) is 0 Å². The number of hydrogen-bond acceptors (Lipinski definition) is 3. The summed E-state index contributed by atoms with van der Waals surface area (Å²) in [6, 6.07) is 9.70. The molecule has 0 aliphatic heterocycles. The van der Waals surface area contributed by atoms with Crippen LogP contribution in [0.15, 0.2) is 36.4 Å². The Morgan fingerprint density at radius 2 is 1.67 bits per heavy atom. The number of anilines is 1. The number of rotatable bonds is 4. The molecule has 128 valence electrons. The summed E-state index contributed by atoms with van der Waals surface area (Å²) in [5.41, 5.74) is 1.33. The van der Waals surface area contributed by atoms with Gasteiger partial charge in [-0.05, 0) is 35.9 Å². The quantitative estimate of drug-likeness (QED) is 0.897. The van der Waals surface area contributed by atoms with Crippen molar-refractivity contribution in [3.05, 3.63) is 42.2 Å². The van der Waals surface area contributed by atoms with Gasteiger partial charge in [0, 0.05) is 11.0 Å². The normalized spacial score (nSPS) is 11.1. The third kappa shape index (κ3) is 3.85. The molecule has 0 fully saturated rings. The summed E-state index contributed by atoms with van der Waals surface area (Å²) in [7, 11) is 3.11. The number of ether oxygens (including phenoxy) is 2. The van der Waals surface area contributed by atoms with Crippen LogP contribution in [0.2, 0.25) is 0 Å². The Kier molecular flexibility index (Phi) is 5.12. The van der Waals surface area contributed by atoms with E-state index in [9.17, 15) is 9.18 Å². The number of nitrogens with one attached hydrogen (secondary N) is 1. The van der Waals surface area contributed by atoms with E-state index in [2.05, 4.69) is 5.32 Å². The Labute approximate surface area is 141 Å². The lowest BCUT2D eigenvalue weighted by molar-refractivity contribution is -0.123. The number of carbonyl (C=O) groups excluding carboxylic acids is 1. The van der Waals surface area contributed by atoms with Crippen molar-refractivity contribution in [2.24, 2.45) is 5.41 Å². The van der Waals surface area contributed by atoms with Gasteiger partial charge in [-0.1, -0.05) is 26.8 Å². The lowest BCUT2D eigenvalue weighted by atomic mass is 9.95. The monoisotopic (exact) mass is 331 g/mol. The second-order valence-electron chi connectivity index (χ2n) is 6.46. The molecular formula is C19H22FNO3. The maximum absolute atomic E-state index is 13.7. The molecule has 2 aromatic carbocycles. The van der Waals surface area contributed by atoms with Crippen molar-refractivity contribution in [2.45, 2.75) is 20.8 Å². The highest BCUT2D eigenvalue weighted by Crippen LogP contribution is 2.36. The summed E-state index contributed by atoms with van der Waals surface area (Å²) in [5.74, 6) is 0.564. The molecular weight excluding hydrogens is 309 g/mol. The van der Waals surface area contributed by atoms with E-state index in [0.29, 0.717) is 22.7 Å². The molecule has 0 saturated carbocycles. The summed E-state index contributed by atoms with van der Waals surface area (Å²) in [6.45, 7) is 5.41. The predicted molar refractivity (Wildman–Crippen MR) is 93.0 cm³/mol. The third-order valence-corrected chi connectivity index (χ3v) is 3.61. The molecule has 0 bridgehead atoms. The first-order chi connectivity index (χ1) is 11.3. The Morgan fingerprint density at radius 3 is 2.25 bits per heavy atom. The summed E-state index contributed by atoms with van der Waals surface area (Å²) < 4.78 is 24.2. The minimum Gasteiger partial charge on any atom is -0.493 e. The molecule has 0 heterocycles. The smallest absolute Gasteiger partial charge is 0.229 e. The molecule has 4 nitrogen and oxygen atoms in total. The predicted octanol–water partition coefficient (Wildman–Crippen LogP) is 4.49. The van der Waals surface area contributed by atoms with Gasteiger partial charge >= 0.3 is 0 Å². The molecule has 1 amide bonds. The minimum absolute atomic E-state index is 0.185. The third-order valence-electron chi connectivity index (χ3n) is 3.61. The van der Waals surface area contributed by atoms with Crippen LogP contribution in [0.4, 0.5) is 10.1 Å². The highest BCUT2D eigenvalue weighted by atomic mass is 19.1. The van der Waals surface area contributed by atoms with Crippen LogP contribution in [0.25, 0.3) is 11.1 Å². The number of benzene rings is 2. The van der Waals surface area contributed by atoms with Crippen LogP contribution in [0.1, 0.15) is 20.8 Å². The first-order valence-electron chi connectivity index (χ1n) is 7.59. The lowest BCUT2D eigenvalue weighted by Gasteiger charge is -2.20. The summed E-state index contributed by atoms with van der Waals surface area (Å²) in [6.07, 6.45) is 0. The fraction of sp³-hybridized carbons (Fsp3) is 0.316. The molecule has 0 saturated heterocycles. The highest BCUT2D eigenvalue weighted by Gasteiger charge is 2.22. The van der Waals surface area contributed by atoms with Gasteiger partial charge in [-0.15, -0.1) is 0 Å². The fourth-order valence-electron chi connectivity index (χ4n) is 2.19. The maximum atomic E-state index is 13.7. The first-order valence-corrected chi connectivity index (χ1v) is 7.59. The van der Waals surface area contributed by atoms with Crippen molar-refractivity contribution >= 4 is 11.6 Å². The Bertz CT molecular complexity index is 751. The molecule has 2 aromatic rings. The van der Waals surface area contributed by atoms with E-state index in [4.69, 9.17) is 9.47 Å². The van der Waals surface area contributed by atoms with E-state index in [-0.39, 0.29) is 5.91 Å². The molecule has 0 aliphatic carbocycles. The second kappa shape index (κ2) is 6.91. The van der Waals surface area contributed by atoms with Gasteiger partial charge in [0.25, 0.3) is 0 Å². The van der Waals surface area contributed by atoms with E-state index in [1.807, 2.05) is 6.07 Å². The first kappa shape index (κ1) is 17.8. The topological polar surface area (TPSA) is 47.6 Å². The lowest BCUT2D eigenvalue weighted by Crippen LogP contribution is -2.27. The van der Waals surface area contributed by atoms with Crippen LogP contribution in [0, 0.1) is 11.2 Å². The van der Waals surface area contributed by atoms with E-state index >= 15 is 0 Å². The zero-order valence-electron chi connectivity index (χ0n) is 14.6. The summed E-state index contributed by atoms with van der Waals surface area (Å²) in [4.78, 5) is 12.3. The van der Waals surface area contributed by atoms with Crippen LogP contribution < -0.4 is 14.8 Å². The van der Waals surface area contributed by atoms with Crippen molar-refractivity contribution in [1.82, 2.24) is 0 Å². The Balaban J connectivity index is 2.49. The van der Waals surface area contributed by atoms with Crippen LogP contribution in [-0.2, 0) is 4.79 Å². The molecule has 24 heavy (non-hydrogen) atoms. The van der Waals surface area contributed by atoms with Gasteiger partial charge in [0.1, 0.15) is 5.82 Å². The Morgan fingerprint density at radius 1 is 1.00 bits per heavy atom. The molecule has 0 unspecified atom stereocenters. The molecule has 0 spiro atoms. The van der Waals surface area contributed by atoms with E-state index in [1.165, 1.54) is 12.1 Å². The highest BCUT2D eigenvalue weighted by molar-refractivity contribution is 5.98. The van der Waals surface area contributed by atoms with Gasteiger partial charge in [0.05, 0.1) is 19.9 Å². The van der Waals surface area contributed by atoms with Crippen molar-refractivity contribution < 1.29 is 18.7 Å². The molecule has 0 radical (unpaired) electrons. The van der Waals surface area contributed by atoms with Gasteiger partial charge in [0.2, 0.25) is 5.91 Å². The second-order valence-corrected chi connectivity index (χ2v) is 6.46. The van der Waals surface area contributed by atoms with Crippen molar-refractivity contribution in [2.75, 3.05) is 19.5 Å². The number of methoxy groups -OCH3 is 2. The zero-order valence-corrected chi connectivity index (χ0v) is 14.6. The van der Waals surface area contributed by atoms with Gasteiger partial charge in [-0.3, -0.25) is 4.79 Å². The van der Waals surface area contributed by atoms with Crippen molar-refractivity contribution in [1.29, 1.82) is 0 Å². The molecule has 0 aromatic heterocycles. The molecule has 2 rings (SSSR count). The van der Waals surface area contributed by atoms with Crippen molar-refractivity contribution in [3.8, 4) is 22.6 Å². The van der Waals surface area contributed by atoms with Crippen LogP contribution in [0.3, 0.4) is 0 Å². The number of amides is 1. The van der Waals surface area contributed by atoms with Crippen LogP contribution >= 0.6 is 0 Å². The number of carbonyl (C=O) groups is 1. The average Bonchev–Trinajstić information content (AvgIpc) is 2.53. The molecule has 1 N–H and O–H groups in total. The van der Waals surface area contributed by atoms with E-state index in [0.717, 1.165) is 5.56 Å².